The van der Waals surface area contributed by atoms with Gasteiger partial charge in [0, 0.05) is 12.5 Å². The largest absolute Gasteiger partial charge is 0.503 e. The number of amides is 1. The van der Waals surface area contributed by atoms with E-state index in [0.717, 1.165) is 29.2 Å². The zero-order valence-corrected chi connectivity index (χ0v) is 15.2. The predicted octanol–water partition coefficient (Wildman–Crippen LogP) is 4.62. The van der Waals surface area contributed by atoms with E-state index in [4.69, 9.17) is 0 Å². The molecule has 1 aliphatic heterocycles. The molecule has 1 unspecified atom stereocenters. The van der Waals surface area contributed by atoms with E-state index in [9.17, 15) is 27.9 Å². The summed E-state index contributed by atoms with van der Waals surface area (Å²) in [6.45, 7) is 3.60. The van der Waals surface area contributed by atoms with E-state index in [0.29, 0.717) is 11.6 Å². The summed E-state index contributed by atoms with van der Waals surface area (Å²) in [5.74, 6) is -4.68. The number of aliphatic hydroxyl groups is 1. The monoisotopic (exact) mass is 389 g/mol. The summed E-state index contributed by atoms with van der Waals surface area (Å²) >= 11 is 0. The van der Waals surface area contributed by atoms with Crippen molar-refractivity contribution in [3.63, 3.8) is 0 Å². The van der Waals surface area contributed by atoms with Crippen molar-refractivity contribution < 1.29 is 27.9 Å². The van der Waals surface area contributed by atoms with E-state index >= 15 is 0 Å². The molecule has 0 saturated heterocycles. The predicted molar refractivity (Wildman–Crippen MR) is 97.1 cm³/mol. The van der Waals surface area contributed by atoms with Crippen molar-refractivity contribution in [3.8, 4) is 0 Å². The van der Waals surface area contributed by atoms with Crippen LogP contribution >= 0.6 is 0 Å². The van der Waals surface area contributed by atoms with Gasteiger partial charge in [0.05, 0.1) is 17.3 Å². The second-order valence-electron chi connectivity index (χ2n) is 7.01. The molecule has 0 aromatic heterocycles. The van der Waals surface area contributed by atoms with Crippen molar-refractivity contribution in [2.45, 2.75) is 26.3 Å². The molecule has 2 aromatic rings. The van der Waals surface area contributed by atoms with E-state index in [1.807, 2.05) is 0 Å². The van der Waals surface area contributed by atoms with Crippen molar-refractivity contribution >= 4 is 17.4 Å². The Kier molecular flexibility index (Phi) is 5.27. The first-order valence-corrected chi connectivity index (χ1v) is 8.71. The molecule has 146 valence electrons. The zero-order valence-electron chi connectivity index (χ0n) is 15.2. The molecule has 0 radical (unpaired) electrons. The van der Waals surface area contributed by atoms with E-state index in [-0.39, 0.29) is 23.6 Å². The third-order valence-corrected chi connectivity index (χ3v) is 4.46. The molecule has 0 saturated carbocycles. The fraction of sp³-hybridized carbons (Fsp3) is 0.238. The second-order valence-corrected chi connectivity index (χ2v) is 7.01. The van der Waals surface area contributed by atoms with Crippen LogP contribution in [-0.4, -0.2) is 16.8 Å². The topological polar surface area (TPSA) is 57.6 Å². The number of nitrogens with zero attached hydrogens (tertiary/aromatic N) is 1. The molecule has 1 N–H and O–H groups in total. The van der Waals surface area contributed by atoms with Crippen LogP contribution in [-0.2, 0) is 9.59 Å². The van der Waals surface area contributed by atoms with Crippen LogP contribution in [0.4, 0.5) is 18.9 Å². The molecule has 0 fully saturated rings. The third kappa shape index (κ3) is 3.52. The molecule has 1 heterocycles. The Balaban J connectivity index is 2.17. The average molecular weight is 389 g/mol. The number of ketones is 1. The summed E-state index contributed by atoms with van der Waals surface area (Å²) in [6.07, 6.45) is 0.0596. The van der Waals surface area contributed by atoms with E-state index < -0.39 is 40.9 Å². The fourth-order valence-corrected chi connectivity index (χ4v) is 3.26. The highest BCUT2D eigenvalue weighted by molar-refractivity contribution is 6.16. The number of carbonyl (C=O) groups is 2. The molecule has 3 rings (SSSR count). The van der Waals surface area contributed by atoms with Gasteiger partial charge in [0.25, 0.3) is 5.91 Å². The Bertz CT molecular complexity index is 967. The van der Waals surface area contributed by atoms with Crippen LogP contribution < -0.4 is 4.90 Å². The summed E-state index contributed by atoms with van der Waals surface area (Å²) in [5.41, 5.74) is -0.164. The van der Waals surface area contributed by atoms with Crippen molar-refractivity contribution in [2.24, 2.45) is 5.92 Å². The van der Waals surface area contributed by atoms with Gasteiger partial charge in [-0.15, -0.1) is 0 Å². The Labute approximate surface area is 159 Å². The molecule has 1 aliphatic rings. The second kappa shape index (κ2) is 7.50. The Hall–Kier alpha value is -3.09. The highest BCUT2D eigenvalue weighted by Gasteiger charge is 2.45. The molecule has 0 spiro atoms. The van der Waals surface area contributed by atoms with Gasteiger partial charge in [0.2, 0.25) is 0 Å². The Morgan fingerprint density at radius 3 is 2.25 bits per heavy atom. The molecular weight excluding hydrogens is 371 g/mol. The van der Waals surface area contributed by atoms with Gasteiger partial charge in [0.15, 0.2) is 11.5 Å². The van der Waals surface area contributed by atoms with E-state index in [2.05, 4.69) is 0 Å². The number of rotatable bonds is 5. The molecular formula is C21H18F3NO3. The van der Waals surface area contributed by atoms with Crippen molar-refractivity contribution in [1.82, 2.24) is 0 Å². The van der Waals surface area contributed by atoms with Gasteiger partial charge in [-0.05, 0) is 35.7 Å². The number of carbonyl (C=O) groups excluding carboxylic acids is 2. The van der Waals surface area contributed by atoms with Crippen LogP contribution in [0, 0.1) is 23.4 Å². The van der Waals surface area contributed by atoms with E-state index in [1.165, 1.54) is 12.1 Å². The molecule has 7 heteroatoms. The van der Waals surface area contributed by atoms with Crippen molar-refractivity contribution in [1.29, 1.82) is 0 Å². The van der Waals surface area contributed by atoms with Gasteiger partial charge < -0.3 is 5.11 Å². The van der Waals surface area contributed by atoms with Gasteiger partial charge >= 0.3 is 0 Å². The van der Waals surface area contributed by atoms with Crippen LogP contribution in [0.15, 0.2) is 53.8 Å². The maximum atomic E-state index is 14.4. The minimum absolute atomic E-state index is 0.0478. The molecule has 28 heavy (non-hydrogen) atoms. The lowest BCUT2D eigenvalue weighted by molar-refractivity contribution is -0.118. The molecule has 1 atom stereocenters. The fourth-order valence-electron chi connectivity index (χ4n) is 3.26. The van der Waals surface area contributed by atoms with Crippen LogP contribution in [0.5, 0.6) is 0 Å². The van der Waals surface area contributed by atoms with Gasteiger partial charge in [-0.25, -0.2) is 13.2 Å². The molecule has 0 bridgehead atoms. The number of Topliss-reactive ketones (excluding diaryl/α,β-unsaturated/α-hetero) is 1. The number of benzene rings is 2. The van der Waals surface area contributed by atoms with Crippen LogP contribution in [0.2, 0.25) is 0 Å². The first-order valence-electron chi connectivity index (χ1n) is 8.71. The van der Waals surface area contributed by atoms with E-state index in [1.54, 1.807) is 13.8 Å². The minimum atomic E-state index is -1.15. The zero-order chi connectivity index (χ0) is 20.6. The summed E-state index contributed by atoms with van der Waals surface area (Å²) in [4.78, 5) is 26.4. The maximum absolute atomic E-state index is 14.4. The highest BCUT2D eigenvalue weighted by Crippen LogP contribution is 2.42. The standard InChI is InChI=1S/C21H18F3NO3/c1-11(2)9-17(26)18-19(12-3-5-13(22)6-4-12)25(21(28)20(18)27)16-8-7-14(23)10-15(16)24/h3-8,10-11,19,27H,9H2,1-2H3. The third-order valence-electron chi connectivity index (χ3n) is 4.46. The van der Waals surface area contributed by atoms with Gasteiger partial charge in [-0.3, -0.25) is 14.5 Å². The van der Waals surface area contributed by atoms with Crippen molar-refractivity contribution in [2.75, 3.05) is 4.90 Å². The number of aliphatic hydroxyl groups excluding tert-OH is 1. The summed E-state index contributed by atoms with van der Waals surface area (Å²) in [6, 6.07) is 6.46. The summed E-state index contributed by atoms with van der Waals surface area (Å²) in [7, 11) is 0. The first-order chi connectivity index (χ1) is 13.2. The lowest BCUT2D eigenvalue weighted by Gasteiger charge is -2.27. The summed E-state index contributed by atoms with van der Waals surface area (Å²) < 4.78 is 41.1. The molecule has 2 aromatic carbocycles. The smallest absolute Gasteiger partial charge is 0.294 e. The van der Waals surface area contributed by atoms with Gasteiger partial charge in [-0.1, -0.05) is 26.0 Å². The first kappa shape index (κ1) is 19.7. The quantitative estimate of drug-likeness (QED) is 0.812. The number of hydrogen-bond donors (Lipinski definition) is 1. The van der Waals surface area contributed by atoms with Crippen LogP contribution in [0.25, 0.3) is 0 Å². The van der Waals surface area contributed by atoms with Crippen LogP contribution in [0.1, 0.15) is 31.9 Å². The summed E-state index contributed by atoms with van der Waals surface area (Å²) in [5, 5.41) is 10.4. The molecule has 4 nitrogen and oxygen atoms in total. The number of hydrogen-bond acceptors (Lipinski definition) is 3. The maximum Gasteiger partial charge on any atom is 0.294 e. The number of halogens is 3. The van der Waals surface area contributed by atoms with Gasteiger partial charge in [-0.2, -0.15) is 0 Å². The SMILES string of the molecule is CC(C)CC(=O)C1=C(O)C(=O)N(c2ccc(F)cc2F)C1c1ccc(F)cc1. The van der Waals surface area contributed by atoms with Crippen LogP contribution in [0.3, 0.4) is 0 Å². The Morgan fingerprint density at radius 2 is 1.68 bits per heavy atom. The average Bonchev–Trinajstić information content (AvgIpc) is 2.87. The highest BCUT2D eigenvalue weighted by atomic mass is 19.1. The Morgan fingerprint density at radius 1 is 1.07 bits per heavy atom. The normalized spacial score (nSPS) is 17.0. The van der Waals surface area contributed by atoms with Gasteiger partial charge in [0.1, 0.15) is 17.5 Å². The minimum Gasteiger partial charge on any atom is -0.503 e. The molecule has 1 amide bonds. The number of anilines is 1. The molecule has 0 aliphatic carbocycles. The lowest BCUT2D eigenvalue weighted by atomic mass is 9.92. The lowest BCUT2D eigenvalue weighted by Crippen LogP contribution is -2.32. The van der Waals surface area contributed by atoms with Crippen molar-refractivity contribution in [3.05, 3.63) is 76.8 Å².